The molecule has 0 fully saturated rings. The smallest absolute Gasteiger partial charge is 0.420 e. The number of hydrogen-bond donors (Lipinski definition) is 0. The molecule has 18 heteroatoms. The highest BCUT2D eigenvalue weighted by Crippen LogP contribution is 2.39. The molecule has 0 aliphatic heterocycles. The van der Waals surface area contributed by atoms with Crippen molar-refractivity contribution in [3.05, 3.63) is 68.8 Å². The summed E-state index contributed by atoms with van der Waals surface area (Å²) in [6, 6.07) is 0. The zero-order chi connectivity index (χ0) is 27.9. The van der Waals surface area contributed by atoms with Gasteiger partial charge in [0, 0.05) is 0 Å². The SMILES string of the molecule is O=C(OCCOC(=O)c1c(F)c(F)c(F)c(F)c1C(F)(F)F)c1c(F)c(F)c(F)c(F)c1C(F)(F)F. The number of rotatable bonds is 5. The fourth-order valence-corrected chi connectivity index (χ4v) is 2.59. The van der Waals surface area contributed by atoms with Gasteiger partial charge in [0.05, 0.1) is 0 Å². The quantitative estimate of drug-likeness (QED) is 0.154. The molecular weight excluding hydrogens is 546 g/mol. The number of carbonyl (C=O) groups excluding carboxylic acids is 2. The van der Waals surface area contributed by atoms with Crippen LogP contribution in [0.1, 0.15) is 31.8 Å². The zero-order valence-electron chi connectivity index (χ0n) is 16.3. The third-order valence-electron chi connectivity index (χ3n) is 4.06. The Kier molecular flexibility index (Phi) is 7.80. The summed E-state index contributed by atoms with van der Waals surface area (Å²) in [6.07, 6.45) is -12.0. The van der Waals surface area contributed by atoms with Gasteiger partial charge >= 0.3 is 24.3 Å². The van der Waals surface area contributed by atoms with Crippen LogP contribution in [0.4, 0.5) is 61.5 Å². The van der Waals surface area contributed by atoms with Gasteiger partial charge in [-0.3, -0.25) is 0 Å². The first-order chi connectivity index (χ1) is 16.3. The molecule has 4 nitrogen and oxygen atoms in total. The van der Waals surface area contributed by atoms with E-state index in [0.717, 1.165) is 0 Å². The van der Waals surface area contributed by atoms with Gasteiger partial charge in [0.2, 0.25) is 0 Å². The van der Waals surface area contributed by atoms with Crippen molar-refractivity contribution in [3.63, 3.8) is 0 Å². The van der Waals surface area contributed by atoms with Crippen molar-refractivity contribution < 1.29 is 80.5 Å². The second-order valence-corrected chi connectivity index (χ2v) is 6.28. The molecule has 36 heavy (non-hydrogen) atoms. The van der Waals surface area contributed by atoms with Crippen LogP contribution in [0.3, 0.4) is 0 Å². The lowest BCUT2D eigenvalue weighted by molar-refractivity contribution is -0.142. The van der Waals surface area contributed by atoms with Crippen LogP contribution in [0.15, 0.2) is 0 Å². The molecule has 2 aromatic carbocycles. The molecule has 0 saturated carbocycles. The summed E-state index contributed by atoms with van der Waals surface area (Å²) >= 11 is 0. The largest absolute Gasteiger partial charge is 0.458 e. The lowest BCUT2D eigenvalue weighted by atomic mass is 10.0. The van der Waals surface area contributed by atoms with Crippen LogP contribution in [-0.2, 0) is 21.8 Å². The van der Waals surface area contributed by atoms with E-state index in [-0.39, 0.29) is 0 Å². The molecule has 0 radical (unpaired) electrons. The average molecular weight is 550 g/mol. The first-order valence-electron chi connectivity index (χ1n) is 8.54. The highest BCUT2D eigenvalue weighted by molar-refractivity contribution is 5.92. The van der Waals surface area contributed by atoms with Gasteiger partial charge in [-0.2, -0.15) is 26.3 Å². The molecule has 0 aromatic heterocycles. The van der Waals surface area contributed by atoms with Crippen LogP contribution >= 0.6 is 0 Å². The first kappa shape index (κ1) is 28.6. The van der Waals surface area contributed by atoms with Gasteiger partial charge in [0.25, 0.3) is 0 Å². The molecule has 0 atom stereocenters. The Bertz CT molecular complexity index is 1140. The summed E-state index contributed by atoms with van der Waals surface area (Å²) in [7, 11) is 0. The topological polar surface area (TPSA) is 52.6 Å². The van der Waals surface area contributed by atoms with Crippen molar-refractivity contribution in [2.45, 2.75) is 12.4 Å². The van der Waals surface area contributed by atoms with Crippen LogP contribution in [0.2, 0.25) is 0 Å². The molecule has 0 aliphatic carbocycles. The Balaban J connectivity index is 2.28. The van der Waals surface area contributed by atoms with Gasteiger partial charge in [-0.15, -0.1) is 0 Å². The van der Waals surface area contributed by atoms with E-state index in [9.17, 15) is 71.1 Å². The van der Waals surface area contributed by atoms with Gasteiger partial charge in [0.15, 0.2) is 46.5 Å². The number of alkyl halides is 6. The molecule has 198 valence electrons. The van der Waals surface area contributed by atoms with E-state index in [2.05, 4.69) is 9.47 Å². The number of hydrogen-bond acceptors (Lipinski definition) is 4. The predicted octanol–water partition coefficient (Wildman–Crippen LogP) is 5.85. The van der Waals surface area contributed by atoms with E-state index in [1.807, 2.05) is 0 Å². The Labute approximate surface area is 188 Å². The fourth-order valence-electron chi connectivity index (χ4n) is 2.59. The number of carbonyl (C=O) groups is 2. The van der Waals surface area contributed by atoms with Crippen molar-refractivity contribution >= 4 is 11.9 Å². The Morgan fingerprint density at radius 3 is 0.972 bits per heavy atom. The standard InChI is InChI=1S/C18H4F14O4/c19-7-3(5(17(27,28)29)9(21)13(25)11(7)23)15(33)35-1-2-36-16(34)4-6(18(30,31)32)10(22)14(26)12(24)8(4)20/h1-2H2. The number of halogens is 14. The number of benzene rings is 2. The van der Waals surface area contributed by atoms with Crippen molar-refractivity contribution in [2.24, 2.45) is 0 Å². The normalized spacial score (nSPS) is 12.1. The molecule has 0 amide bonds. The summed E-state index contributed by atoms with van der Waals surface area (Å²) in [5.74, 6) is -28.4. The third kappa shape index (κ3) is 5.15. The fraction of sp³-hybridized carbons (Fsp3) is 0.222. The highest BCUT2D eigenvalue weighted by atomic mass is 19.4. The minimum atomic E-state index is -5.98. The van der Waals surface area contributed by atoms with E-state index >= 15 is 0 Å². The minimum absolute atomic E-state index is 1.53. The van der Waals surface area contributed by atoms with Gasteiger partial charge in [-0.25, -0.2) is 44.7 Å². The van der Waals surface area contributed by atoms with E-state index in [0.29, 0.717) is 0 Å². The minimum Gasteiger partial charge on any atom is -0.458 e. The third-order valence-corrected chi connectivity index (χ3v) is 4.06. The van der Waals surface area contributed by atoms with Crippen molar-refractivity contribution in [1.82, 2.24) is 0 Å². The lowest BCUT2D eigenvalue weighted by Crippen LogP contribution is -2.24. The van der Waals surface area contributed by atoms with Gasteiger partial charge in [-0.05, 0) is 0 Å². The maximum atomic E-state index is 13.7. The maximum Gasteiger partial charge on any atom is 0.420 e. The monoisotopic (exact) mass is 550 g/mol. The molecule has 0 aliphatic rings. The predicted molar refractivity (Wildman–Crippen MR) is 83.1 cm³/mol. The van der Waals surface area contributed by atoms with Crippen molar-refractivity contribution in [2.75, 3.05) is 13.2 Å². The van der Waals surface area contributed by atoms with Crippen LogP contribution in [-0.4, -0.2) is 25.2 Å². The maximum absolute atomic E-state index is 13.7. The van der Waals surface area contributed by atoms with Crippen molar-refractivity contribution in [3.8, 4) is 0 Å². The summed E-state index contributed by atoms with van der Waals surface area (Å²) in [5.41, 5.74) is -10.9. The van der Waals surface area contributed by atoms with Crippen LogP contribution in [0, 0.1) is 46.5 Å². The Morgan fingerprint density at radius 1 is 0.472 bits per heavy atom. The second kappa shape index (κ2) is 9.81. The summed E-state index contributed by atoms with van der Waals surface area (Å²) in [4.78, 5) is 23.4. The Hall–Kier alpha value is -3.60. The summed E-state index contributed by atoms with van der Waals surface area (Å²) in [6.45, 7) is -3.06. The average Bonchev–Trinajstić information content (AvgIpc) is 2.76. The second-order valence-electron chi connectivity index (χ2n) is 6.28. The molecule has 0 spiro atoms. The molecule has 0 heterocycles. The number of ether oxygens (including phenoxy) is 2. The van der Waals surface area contributed by atoms with Gasteiger partial charge in [0.1, 0.15) is 35.5 Å². The highest BCUT2D eigenvalue weighted by Gasteiger charge is 2.45. The van der Waals surface area contributed by atoms with E-state index < -0.39 is 106 Å². The molecule has 0 N–H and O–H groups in total. The molecule has 0 bridgehead atoms. The van der Waals surface area contributed by atoms with Gasteiger partial charge < -0.3 is 9.47 Å². The molecule has 2 aromatic rings. The molecule has 2 rings (SSSR count). The summed E-state index contributed by atoms with van der Waals surface area (Å²) in [5, 5.41) is 0. The molecular formula is C18H4F14O4. The van der Waals surface area contributed by atoms with Crippen LogP contribution in [0.25, 0.3) is 0 Å². The summed E-state index contributed by atoms with van der Waals surface area (Å²) < 4.78 is 193. The lowest BCUT2D eigenvalue weighted by Gasteiger charge is -2.16. The van der Waals surface area contributed by atoms with Crippen LogP contribution < -0.4 is 0 Å². The van der Waals surface area contributed by atoms with Crippen LogP contribution in [0.5, 0.6) is 0 Å². The molecule has 0 unspecified atom stereocenters. The first-order valence-corrected chi connectivity index (χ1v) is 8.54. The van der Waals surface area contributed by atoms with E-state index in [1.54, 1.807) is 0 Å². The van der Waals surface area contributed by atoms with E-state index in [1.165, 1.54) is 0 Å². The van der Waals surface area contributed by atoms with E-state index in [4.69, 9.17) is 0 Å². The van der Waals surface area contributed by atoms with Crippen molar-refractivity contribution in [1.29, 1.82) is 0 Å². The zero-order valence-corrected chi connectivity index (χ0v) is 16.3. The number of esters is 2. The molecule has 0 saturated heterocycles. The van der Waals surface area contributed by atoms with Gasteiger partial charge in [-0.1, -0.05) is 0 Å². The Morgan fingerprint density at radius 2 is 0.722 bits per heavy atom.